The summed E-state index contributed by atoms with van der Waals surface area (Å²) in [6.45, 7) is 4.65. The van der Waals surface area contributed by atoms with Crippen LogP contribution in [0.4, 0.5) is 0 Å². The molecule has 9 nitrogen and oxygen atoms in total. The minimum absolute atomic E-state index is 0.00767. The fourth-order valence-electron chi connectivity index (χ4n) is 4.79. The van der Waals surface area contributed by atoms with E-state index in [1.807, 2.05) is 6.26 Å². The van der Waals surface area contributed by atoms with Crippen molar-refractivity contribution in [2.24, 2.45) is 5.92 Å². The Bertz CT molecular complexity index is 1350. The van der Waals surface area contributed by atoms with Crippen LogP contribution >= 0.6 is 11.8 Å². The first-order valence-electron chi connectivity index (χ1n) is 13.3. The summed E-state index contributed by atoms with van der Waals surface area (Å²) < 4.78 is 61.2. The third kappa shape index (κ3) is 7.35. The van der Waals surface area contributed by atoms with Gasteiger partial charge in [0.05, 0.1) is 15.4 Å². The van der Waals surface area contributed by atoms with Gasteiger partial charge in [-0.05, 0) is 80.3 Å². The number of piperidine rings is 2. The fourth-order valence-corrected chi connectivity index (χ4v) is 7.92. The van der Waals surface area contributed by atoms with Crippen LogP contribution in [-0.4, -0.2) is 77.5 Å². The monoisotopic (exact) mass is 595 g/mol. The van der Waals surface area contributed by atoms with E-state index in [0.29, 0.717) is 43.4 Å². The Balaban J connectivity index is 1.34. The van der Waals surface area contributed by atoms with Gasteiger partial charge in [0.2, 0.25) is 20.0 Å². The Morgan fingerprint density at radius 2 is 1.59 bits per heavy atom. The number of carbonyl (C=O) groups is 1. The normalized spacial score (nSPS) is 17.7. The highest BCUT2D eigenvalue weighted by Crippen LogP contribution is 2.27. The molecule has 2 aromatic carbocycles. The van der Waals surface area contributed by atoms with Gasteiger partial charge in [-0.25, -0.2) is 21.6 Å². The van der Waals surface area contributed by atoms with E-state index in [1.54, 1.807) is 23.1 Å². The van der Waals surface area contributed by atoms with Crippen LogP contribution in [-0.2, 0) is 20.0 Å². The Morgan fingerprint density at radius 3 is 2.23 bits per heavy atom. The molecule has 0 unspecified atom stereocenters. The van der Waals surface area contributed by atoms with Crippen LogP contribution in [0, 0.1) is 5.92 Å². The summed E-state index contributed by atoms with van der Waals surface area (Å²) >= 11 is 1.41. The molecule has 4 rings (SSSR count). The molecule has 2 fully saturated rings. The molecule has 1 amide bonds. The molecule has 0 aliphatic carbocycles. The number of nitrogens with zero attached hydrogens (tertiary/aromatic N) is 2. The molecule has 0 bridgehead atoms. The van der Waals surface area contributed by atoms with Crippen LogP contribution in [0.5, 0.6) is 5.75 Å². The van der Waals surface area contributed by atoms with Gasteiger partial charge in [-0.2, -0.15) is 4.31 Å². The van der Waals surface area contributed by atoms with E-state index in [0.717, 1.165) is 37.0 Å². The molecule has 0 aromatic heterocycles. The second-order valence-electron chi connectivity index (χ2n) is 10.0. The summed E-state index contributed by atoms with van der Waals surface area (Å²) in [7, 11) is -7.39. The number of thioether (sulfide) groups is 1. The van der Waals surface area contributed by atoms with Gasteiger partial charge < -0.3 is 9.64 Å². The molecular weight excluding hydrogens is 559 g/mol. The smallest absolute Gasteiger partial charge is 0.255 e. The second kappa shape index (κ2) is 13.0. The summed E-state index contributed by atoms with van der Waals surface area (Å²) in [6.07, 6.45) is 6.53. The number of carbonyl (C=O) groups excluding carboxylic acids is 1. The molecule has 0 radical (unpaired) electrons. The molecular formula is C27H37N3O6S3. The van der Waals surface area contributed by atoms with Crippen molar-refractivity contribution in [1.82, 2.24) is 13.9 Å². The molecule has 1 N–H and O–H groups in total. The van der Waals surface area contributed by atoms with Crippen molar-refractivity contribution in [3.8, 4) is 5.75 Å². The first-order valence-corrected chi connectivity index (χ1v) is 17.5. The van der Waals surface area contributed by atoms with Crippen molar-refractivity contribution in [2.45, 2.75) is 53.7 Å². The first kappa shape index (κ1) is 29.9. The zero-order valence-corrected chi connectivity index (χ0v) is 24.9. The third-order valence-corrected chi connectivity index (χ3v) is 11.4. The summed E-state index contributed by atoms with van der Waals surface area (Å²) in [5.41, 5.74) is 0.399. The minimum Gasteiger partial charge on any atom is -0.492 e. The van der Waals surface area contributed by atoms with Gasteiger partial charge in [-0.15, -0.1) is 11.8 Å². The van der Waals surface area contributed by atoms with Crippen molar-refractivity contribution < 1.29 is 26.4 Å². The standard InChI is InChI=1S/C27H37N3O6S3/c1-21-12-17-29(18-13-21)27(31)25-20-24(10-11-26(25)37-2)38(32,33)28-14-19-36-22-6-8-23(9-7-22)39(34,35)30-15-4-3-5-16-30/h6-11,20-21,28H,3-5,12-19H2,1-2H3. The largest absolute Gasteiger partial charge is 0.492 e. The molecule has 2 aliphatic rings. The van der Waals surface area contributed by atoms with Gasteiger partial charge in [0.25, 0.3) is 5.91 Å². The summed E-state index contributed by atoms with van der Waals surface area (Å²) in [6, 6.07) is 10.8. The number of ether oxygens (including phenoxy) is 1. The van der Waals surface area contributed by atoms with Crippen molar-refractivity contribution >= 4 is 37.7 Å². The lowest BCUT2D eigenvalue weighted by Crippen LogP contribution is -2.38. The topological polar surface area (TPSA) is 113 Å². The number of hydrogen-bond acceptors (Lipinski definition) is 7. The fraction of sp³-hybridized carbons (Fsp3) is 0.519. The van der Waals surface area contributed by atoms with E-state index in [9.17, 15) is 21.6 Å². The maximum atomic E-state index is 13.2. The Labute approximate surface area is 236 Å². The zero-order valence-electron chi connectivity index (χ0n) is 22.5. The van der Waals surface area contributed by atoms with Gasteiger partial charge in [0.15, 0.2) is 0 Å². The number of rotatable bonds is 10. The quantitative estimate of drug-likeness (QED) is 0.328. The first-order chi connectivity index (χ1) is 18.6. The van der Waals surface area contributed by atoms with Gasteiger partial charge in [-0.3, -0.25) is 4.79 Å². The van der Waals surface area contributed by atoms with E-state index in [2.05, 4.69) is 11.6 Å². The lowest BCUT2D eigenvalue weighted by atomic mass is 9.98. The molecule has 2 heterocycles. The lowest BCUT2D eigenvalue weighted by molar-refractivity contribution is 0.0693. The molecule has 12 heteroatoms. The molecule has 0 saturated carbocycles. The van der Waals surface area contributed by atoms with Crippen molar-refractivity contribution in [2.75, 3.05) is 45.6 Å². The Hall–Kier alpha value is -2.12. The molecule has 2 aromatic rings. The Kier molecular flexibility index (Phi) is 9.97. The predicted octanol–water partition coefficient (Wildman–Crippen LogP) is 3.81. The number of likely N-dealkylation sites (tertiary alicyclic amines) is 1. The van der Waals surface area contributed by atoms with Gasteiger partial charge in [0, 0.05) is 37.6 Å². The number of benzene rings is 2. The van der Waals surface area contributed by atoms with E-state index < -0.39 is 20.0 Å². The number of nitrogens with one attached hydrogen (secondary N) is 1. The third-order valence-electron chi connectivity index (χ3n) is 7.22. The molecule has 0 atom stereocenters. The van der Waals surface area contributed by atoms with Crippen LogP contribution < -0.4 is 9.46 Å². The summed E-state index contributed by atoms with van der Waals surface area (Å²) in [5, 5.41) is 0. The lowest BCUT2D eigenvalue weighted by Gasteiger charge is -2.30. The van der Waals surface area contributed by atoms with Crippen LogP contribution in [0.2, 0.25) is 0 Å². The SMILES string of the molecule is CSc1ccc(S(=O)(=O)NCCOc2ccc(S(=O)(=O)N3CCCCC3)cc2)cc1C(=O)N1CCC(C)CC1. The van der Waals surface area contributed by atoms with Gasteiger partial charge >= 0.3 is 0 Å². The Morgan fingerprint density at radius 1 is 0.949 bits per heavy atom. The van der Waals surface area contributed by atoms with Crippen LogP contribution in [0.25, 0.3) is 0 Å². The average Bonchev–Trinajstić information content (AvgIpc) is 2.95. The molecule has 0 spiro atoms. The van der Waals surface area contributed by atoms with Crippen molar-refractivity contribution in [3.05, 3.63) is 48.0 Å². The van der Waals surface area contributed by atoms with E-state index in [4.69, 9.17) is 4.74 Å². The highest BCUT2D eigenvalue weighted by Gasteiger charge is 2.27. The highest BCUT2D eigenvalue weighted by molar-refractivity contribution is 7.98. The second-order valence-corrected chi connectivity index (χ2v) is 14.6. The maximum Gasteiger partial charge on any atom is 0.255 e. The van der Waals surface area contributed by atoms with Crippen LogP contribution in [0.15, 0.2) is 57.2 Å². The average molecular weight is 596 g/mol. The predicted molar refractivity (Wildman–Crippen MR) is 152 cm³/mol. The summed E-state index contributed by atoms with van der Waals surface area (Å²) in [5.74, 6) is 0.884. The van der Waals surface area contributed by atoms with Gasteiger partial charge in [-0.1, -0.05) is 13.3 Å². The highest BCUT2D eigenvalue weighted by atomic mass is 32.2. The molecule has 2 aliphatic heterocycles. The molecule has 214 valence electrons. The van der Waals surface area contributed by atoms with E-state index in [-0.39, 0.29) is 28.8 Å². The number of sulfonamides is 2. The van der Waals surface area contributed by atoms with E-state index >= 15 is 0 Å². The van der Waals surface area contributed by atoms with Crippen LogP contribution in [0.3, 0.4) is 0 Å². The molecule has 39 heavy (non-hydrogen) atoms. The van der Waals surface area contributed by atoms with Gasteiger partial charge in [0.1, 0.15) is 12.4 Å². The molecule has 2 saturated heterocycles. The minimum atomic E-state index is -3.87. The zero-order chi connectivity index (χ0) is 28.0. The van der Waals surface area contributed by atoms with Crippen molar-refractivity contribution in [3.63, 3.8) is 0 Å². The summed E-state index contributed by atoms with van der Waals surface area (Å²) in [4.78, 5) is 16.0. The maximum absolute atomic E-state index is 13.2. The van der Waals surface area contributed by atoms with Crippen molar-refractivity contribution in [1.29, 1.82) is 0 Å². The van der Waals surface area contributed by atoms with E-state index in [1.165, 1.54) is 40.3 Å². The number of amides is 1. The van der Waals surface area contributed by atoms with Crippen LogP contribution in [0.1, 0.15) is 49.4 Å². The number of hydrogen-bond donors (Lipinski definition) is 1.